The monoisotopic (exact) mass is 315 g/mol. The van der Waals surface area contributed by atoms with Crippen molar-refractivity contribution in [3.63, 3.8) is 0 Å². The molecule has 0 aromatic heterocycles. The Bertz CT molecular complexity index is 706. The summed E-state index contributed by atoms with van der Waals surface area (Å²) in [5, 5.41) is 10.9. The van der Waals surface area contributed by atoms with Gasteiger partial charge in [0.05, 0.1) is 0 Å². The van der Waals surface area contributed by atoms with E-state index in [-0.39, 0.29) is 18.5 Å². The summed E-state index contributed by atoms with van der Waals surface area (Å²) in [4.78, 5) is 24.7. The second-order valence-electron chi connectivity index (χ2n) is 5.69. The van der Waals surface area contributed by atoms with E-state index in [1.807, 2.05) is 42.5 Å². The highest BCUT2D eigenvalue weighted by atomic mass is 16.5. The number of aliphatic carboxylic acids is 1. The molecule has 2 rings (SSSR count). The highest BCUT2D eigenvalue weighted by Crippen LogP contribution is 2.26. The van der Waals surface area contributed by atoms with Crippen LogP contribution in [0.15, 0.2) is 42.5 Å². The molecule has 2 aromatic rings. The van der Waals surface area contributed by atoms with Crippen LogP contribution in [0.3, 0.4) is 0 Å². The molecule has 1 N–H and O–H groups in total. The van der Waals surface area contributed by atoms with E-state index in [1.54, 1.807) is 20.8 Å². The number of fused-ring (bicyclic) bond motifs is 1. The molecule has 2 aromatic carbocycles. The van der Waals surface area contributed by atoms with Crippen LogP contribution >= 0.6 is 0 Å². The fourth-order valence-electron chi connectivity index (χ4n) is 2.43. The first-order valence-corrected chi connectivity index (χ1v) is 7.57. The number of ether oxygens (including phenoxy) is 1. The predicted molar refractivity (Wildman–Crippen MR) is 88.5 cm³/mol. The molecule has 0 radical (unpaired) electrons. The Morgan fingerprint density at radius 1 is 1.09 bits per heavy atom. The second kappa shape index (κ2) is 7.13. The molecule has 0 aliphatic heterocycles. The molecule has 5 nitrogen and oxygen atoms in total. The van der Waals surface area contributed by atoms with Crippen molar-refractivity contribution in [2.24, 2.45) is 0 Å². The van der Waals surface area contributed by atoms with Crippen LogP contribution in [0.1, 0.15) is 20.8 Å². The summed E-state index contributed by atoms with van der Waals surface area (Å²) >= 11 is 0. The number of carbonyl (C=O) groups is 2. The van der Waals surface area contributed by atoms with Crippen molar-refractivity contribution in [3.05, 3.63) is 42.5 Å². The molecule has 122 valence electrons. The molecule has 0 heterocycles. The Kier molecular flexibility index (Phi) is 5.21. The van der Waals surface area contributed by atoms with E-state index in [9.17, 15) is 9.59 Å². The summed E-state index contributed by atoms with van der Waals surface area (Å²) in [5.74, 6) is -0.761. The zero-order valence-electron chi connectivity index (χ0n) is 13.5. The van der Waals surface area contributed by atoms with Crippen molar-refractivity contribution in [3.8, 4) is 5.75 Å². The van der Waals surface area contributed by atoms with E-state index < -0.39 is 12.1 Å². The van der Waals surface area contributed by atoms with Gasteiger partial charge in [0, 0.05) is 11.4 Å². The minimum absolute atomic E-state index is 0.211. The van der Waals surface area contributed by atoms with Crippen molar-refractivity contribution in [1.29, 1.82) is 0 Å². The normalized spacial score (nSPS) is 12.2. The number of carboxylic acids is 1. The lowest BCUT2D eigenvalue weighted by atomic mass is 10.1. The first kappa shape index (κ1) is 16.8. The molecule has 1 atom stereocenters. The second-order valence-corrected chi connectivity index (χ2v) is 5.69. The zero-order valence-corrected chi connectivity index (χ0v) is 13.5. The molecule has 1 amide bonds. The molecule has 5 heteroatoms. The molecule has 0 fully saturated rings. The SMILES string of the molecule is CC(Oc1cccc2ccccc12)C(=O)N(CC(=O)O)C(C)C. The van der Waals surface area contributed by atoms with Crippen LogP contribution in [0.2, 0.25) is 0 Å². The minimum Gasteiger partial charge on any atom is -0.480 e. The quantitative estimate of drug-likeness (QED) is 0.890. The Morgan fingerprint density at radius 2 is 1.74 bits per heavy atom. The summed E-state index contributed by atoms with van der Waals surface area (Å²) in [5.41, 5.74) is 0. The third-order valence-electron chi connectivity index (χ3n) is 3.61. The molecule has 1 unspecified atom stereocenters. The van der Waals surface area contributed by atoms with E-state index in [0.717, 1.165) is 10.8 Å². The van der Waals surface area contributed by atoms with Gasteiger partial charge >= 0.3 is 5.97 Å². The van der Waals surface area contributed by atoms with Crippen LogP contribution in [-0.4, -0.2) is 40.6 Å². The van der Waals surface area contributed by atoms with Gasteiger partial charge in [-0.3, -0.25) is 9.59 Å². The van der Waals surface area contributed by atoms with Gasteiger partial charge < -0.3 is 14.7 Å². The van der Waals surface area contributed by atoms with Gasteiger partial charge in [-0.25, -0.2) is 0 Å². The molecule has 0 aliphatic rings. The third kappa shape index (κ3) is 4.00. The lowest BCUT2D eigenvalue weighted by molar-refractivity contribution is -0.149. The van der Waals surface area contributed by atoms with E-state index in [4.69, 9.17) is 9.84 Å². The average molecular weight is 315 g/mol. The van der Waals surface area contributed by atoms with Gasteiger partial charge in [-0.1, -0.05) is 36.4 Å². The van der Waals surface area contributed by atoms with Crippen LogP contribution in [0.4, 0.5) is 0 Å². The number of carbonyl (C=O) groups excluding carboxylic acids is 1. The summed E-state index contributed by atoms with van der Waals surface area (Å²) < 4.78 is 5.82. The maximum atomic E-state index is 12.5. The van der Waals surface area contributed by atoms with Crippen LogP contribution in [0, 0.1) is 0 Å². The number of benzene rings is 2. The fourth-order valence-corrected chi connectivity index (χ4v) is 2.43. The van der Waals surface area contributed by atoms with Crippen molar-refractivity contribution in [2.75, 3.05) is 6.54 Å². The van der Waals surface area contributed by atoms with Gasteiger partial charge in [-0.2, -0.15) is 0 Å². The number of hydrogen-bond donors (Lipinski definition) is 1. The number of hydrogen-bond acceptors (Lipinski definition) is 3. The van der Waals surface area contributed by atoms with Crippen LogP contribution in [-0.2, 0) is 9.59 Å². The van der Waals surface area contributed by atoms with E-state index in [1.165, 1.54) is 4.90 Å². The summed E-state index contributed by atoms with van der Waals surface area (Å²) in [6, 6.07) is 13.2. The third-order valence-corrected chi connectivity index (χ3v) is 3.61. The van der Waals surface area contributed by atoms with Crippen molar-refractivity contribution < 1.29 is 19.4 Å². The van der Waals surface area contributed by atoms with Crippen LogP contribution < -0.4 is 4.74 Å². The lowest BCUT2D eigenvalue weighted by Gasteiger charge is -2.28. The topological polar surface area (TPSA) is 66.8 Å². The largest absolute Gasteiger partial charge is 0.480 e. The molecule has 0 spiro atoms. The summed E-state index contributed by atoms with van der Waals surface area (Å²) in [6.45, 7) is 4.87. The summed E-state index contributed by atoms with van der Waals surface area (Å²) in [6.07, 6.45) is -0.762. The average Bonchev–Trinajstić information content (AvgIpc) is 2.52. The number of amides is 1. The van der Waals surface area contributed by atoms with Crippen molar-refractivity contribution in [1.82, 2.24) is 4.90 Å². The number of rotatable bonds is 6. The van der Waals surface area contributed by atoms with Gasteiger partial charge in [-0.15, -0.1) is 0 Å². The van der Waals surface area contributed by atoms with Gasteiger partial charge in [0.15, 0.2) is 6.10 Å². The molecular weight excluding hydrogens is 294 g/mol. The van der Waals surface area contributed by atoms with E-state index in [0.29, 0.717) is 5.75 Å². The van der Waals surface area contributed by atoms with E-state index >= 15 is 0 Å². The van der Waals surface area contributed by atoms with Crippen molar-refractivity contribution >= 4 is 22.6 Å². The lowest BCUT2D eigenvalue weighted by Crippen LogP contribution is -2.46. The first-order valence-electron chi connectivity index (χ1n) is 7.57. The molecule has 0 saturated carbocycles. The fraction of sp³-hybridized carbons (Fsp3) is 0.333. The Morgan fingerprint density at radius 3 is 2.39 bits per heavy atom. The molecule has 0 saturated heterocycles. The standard InChI is InChI=1S/C18H21NO4/c1-12(2)19(11-17(20)21)18(22)13(3)23-16-10-6-8-14-7-4-5-9-15(14)16/h4-10,12-13H,11H2,1-3H3,(H,20,21). The van der Waals surface area contributed by atoms with Crippen LogP contribution in [0.25, 0.3) is 10.8 Å². The summed E-state index contributed by atoms with van der Waals surface area (Å²) in [7, 11) is 0. The van der Waals surface area contributed by atoms with Gasteiger partial charge in [-0.05, 0) is 32.2 Å². The number of carboxylic acid groups (broad SMARTS) is 1. The Hall–Kier alpha value is -2.56. The van der Waals surface area contributed by atoms with Gasteiger partial charge in [0.2, 0.25) is 0 Å². The maximum absolute atomic E-state index is 12.5. The highest BCUT2D eigenvalue weighted by molar-refractivity contribution is 5.89. The highest BCUT2D eigenvalue weighted by Gasteiger charge is 2.26. The molecule has 0 aliphatic carbocycles. The minimum atomic E-state index is -1.04. The maximum Gasteiger partial charge on any atom is 0.323 e. The smallest absolute Gasteiger partial charge is 0.323 e. The van der Waals surface area contributed by atoms with E-state index in [2.05, 4.69) is 0 Å². The Labute approximate surface area is 135 Å². The molecule has 23 heavy (non-hydrogen) atoms. The Balaban J connectivity index is 2.21. The van der Waals surface area contributed by atoms with Crippen LogP contribution in [0.5, 0.6) is 5.75 Å². The molecular formula is C18H21NO4. The predicted octanol–water partition coefficient (Wildman–Crippen LogP) is 2.93. The first-order chi connectivity index (χ1) is 10.9. The molecule has 0 bridgehead atoms. The number of nitrogens with zero attached hydrogens (tertiary/aromatic N) is 1. The zero-order chi connectivity index (χ0) is 17.0. The van der Waals surface area contributed by atoms with Crippen molar-refractivity contribution in [2.45, 2.75) is 32.9 Å². The van der Waals surface area contributed by atoms with Gasteiger partial charge in [0.25, 0.3) is 5.91 Å². The van der Waals surface area contributed by atoms with Gasteiger partial charge in [0.1, 0.15) is 12.3 Å².